The molecule has 0 spiro atoms. The van der Waals surface area contributed by atoms with E-state index in [0.717, 1.165) is 11.1 Å². The van der Waals surface area contributed by atoms with Gasteiger partial charge in [0.15, 0.2) is 0 Å². The predicted octanol–water partition coefficient (Wildman–Crippen LogP) is 3.54. The number of aromatic nitrogens is 1. The van der Waals surface area contributed by atoms with E-state index in [4.69, 9.17) is 11.6 Å². The van der Waals surface area contributed by atoms with Crippen LogP contribution in [-0.4, -0.2) is 4.98 Å². The Labute approximate surface area is 86.2 Å². The summed E-state index contributed by atoms with van der Waals surface area (Å²) in [6, 6.07) is 9.86. The normalized spacial score (nSPS) is 10.1. The molecule has 0 saturated carbocycles. The molecular formula is C11H7ClFN. The van der Waals surface area contributed by atoms with Crippen molar-refractivity contribution in [3.05, 3.63) is 53.6 Å². The van der Waals surface area contributed by atoms with Crippen LogP contribution in [0.15, 0.2) is 42.6 Å². The molecule has 70 valence electrons. The number of nitrogens with zero attached hydrogens (tertiary/aromatic N) is 1. The second-order valence-electron chi connectivity index (χ2n) is 2.88. The molecule has 0 aliphatic rings. The molecule has 1 aromatic heterocycles. The summed E-state index contributed by atoms with van der Waals surface area (Å²) in [6.45, 7) is 0. The van der Waals surface area contributed by atoms with Gasteiger partial charge in [0, 0.05) is 6.20 Å². The standard InChI is InChI=1S/C11H7ClFN/c12-11-7-9(4-5-14-11)8-2-1-3-10(13)6-8/h1-7H. The average molecular weight is 208 g/mol. The summed E-state index contributed by atoms with van der Waals surface area (Å²) < 4.78 is 12.9. The Morgan fingerprint density at radius 2 is 1.86 bits per heavy atom. The summed E-state index contributed by atoms with van der Waals surface area (Å²) in [5, 5.41) is 0.409. The lowest BCUT2D eigenvalue weighted by molar-refractivity contribution is 0.628. The molecule has 1 aromatic carbocycles. The highest BCUT2D eigenvalue weighted by atomic mass is 35.5. The fourth-order valence-corrected chi connectivity index (χ4v) is 1.42. The van der Waals surface area contributed by atoms with Gasteiger partial charge in [-0.25, -0.2) is 9.37 Å². The second kappa shape index (κ2) is 3.76. The van der Waals surface area contributed by atoms with Gasteiger partial charge < -0.3 is 0 Å². The van der Waals surface area contributed by atoms with Crippen LogP contribution in [0.3, 0.4) is 0 Å². The third-order valence-corrected chi connectivity index (χ3v) is 2.09. The summed E-state index contributed by atoms with van der Waals surface area (Å²) in [6.07, 6.45) is 1.60. The third kappa shape index (κ3) is 1.91. The molecule has 1 nitrogen and oxygen atoms in total. The molecule has 0 aliphatic carbocycles. The summed E-state index contributed by atoms with van der Waals surface area (Å²) in [5.74, 6) is -0.254. The highest BCUT2D eigenvalue weighted by molar-refractivity contribution is 6.29. The van der Waals surface area contributed by atoms with Gasteiger partial charge in [-0.05, 0) is 35.4 Å². The van der Waals surface area contributed by atoms with E-state index in [1.54, 1.807) is 24.4 Å². The fraction of sp³-hybridized carbons (Fsp3) is 0. The van der Waals surface area contributed by atoms with Crippen LogP contribution in [0.1, 0.15) is 0 Å². The van der Waals surface area contributed by atoms with Crippen LogP contribution in [-0.2, 0) is 0 Å². The number of benzene rings is 1. The summed E-state index contributed by atoms with van der Waals surface area (Å²) >= 11 is 5.73. The van der Waals surface area contributed by atoms with Crippen molar-refractivity contribution in [1.29, 1.82) is 0 Å². The van der Waals surface area contributed by atoms with Crippen molar-refractivity contribution in [3.8, 4) is 11.1 Å². The fourth-order valence-electron chi connectivity index (χ4n) is 1.25. The minimum atomic E-state index is -0.254. The minimum absolute atomic E-state index is 0.254. The van der Waals surface area contributed by atoms with Crippen molar-refractivity contribution in [2.75, 3.05) is 0 Å². The lowest BCUT2D eigenvalue weighted by Gasteiger charge is -2.01. The van der Waals surface area contributed by atoms with Crippen LogP contribution in [0.4, 0.5) is 4.39 Å². The molecule has 0 unspecified atom stereocenters. The topological polar surface area (TPSA) is 12.9 Å². The first kappa shape index (κ1) is 9.16. The Morgan fingerprint density at radius 1 is 1.07 bits per heavy atom. The molecule has 2 aromatic rings. The number of rotatable bonds is 1. The van der Waals surface area contributed by atoms with Gasteiger partial charge in [-0.2, -0.15) is 0 Å². The highest BCUT2D eigenvalue weighted by Gasteiger charge is 1.99. The Bertz CT molecular complexity index is 413. The van der Waals surface area contributed by atoms with Crippen LogP contribution in [0.25, 0.3) is 11.1 Å². The summed E-state index contributed by atoms with van der Waals surface area (Å²) in [5.41, 5.74) is 1.67. The van der Waals surface area contributed by atoms with E-state index in [9.17, 15) is 4.39 Å². The summed E-state index contributed by atoms with van der Waals surface area (Å²) in [4.78, 5) is 3.86. The molecule has 0 N–H and O–H groups in total. The Kier molecular flexibility index (Phi) is 2.46. The van der Waals surface area contributed by atoms with Crippen LogP contribution >= 0.6 is 11.6 Å². The van der Waals surface area contributed by atoms with Gasteiger partial charge in [0.2, 0.25) is 0 Å². The average Bonchev–Trinajstić information content (AvgIpc) is 2.18. The lowest BCUT2D eigenvalue weighted by Crippen LogP contribution is -1.81. The van der Waals surface area contributed by atoms with Gasteiger partial charge in [0.25, 0.3) is 0 Å². The van der Waals surface area contributed by atoms with Crippen LogP contribution in [0.5, 0.6) is 0 Å². The van der Waals surface area contributed by atoms with Gasteiger partial charge in [0.05, 0.1) is 0 Å². The van der Waals surface area contributed by atoms with E-state index >= 15 is 0 Å². The molecule has 0 saturated heterocycles. The number of pyridine rings is 1. The number of hydrogen-bond acceptors (Lipinski definition) is 1. The minimum Gasteiger partial charge on any atom is -0.245 e. The zero-order chi connectivity index (χ0) is 9.97. The monoisotopic (exact) mass is 207 g/mol. The van der Waals surface area contributed by atoms with E-state index in [-0.39, 0.29) is 5.82 Å². The highest BCUT2D eigenvalue weighted by Crippen LogP contribution is 2.21. The molecule has 0 aliphatic heterocycles. The molecule has 0 atom stereocenters. The first-order valence-corrected chi connectivity index (χ1v) is 4.51. The van der Waals surface area contributed by atoms with Gasteiger partial charge in [-0.15, -0.1) is 0 Å². The van der Waals surface area contributed by atoms with E-state index < -0.39 is 0 Å². The molecule has 0 radical (unpaired) electrons. The van der Waals surface area contributed by atoms with Gasteiger partial charge in [-0.3, -0.25) is 0 Å². The number of halogens is 2. The van der Waals surface area contributed by atoms with Crippen molar-refractivity contribution >= 4 is 11.6 Å². The van der Waals surface area contributed by atoms with Crippen molar-refractivity contribution in [1.82, 2.24) is 4.98 Å². The molecular weight excluding hydrogens is 201 g/mol. The smallest absolute Gasteiger partial charge is 0.129 e. The van der Waals surface area contributed by atoms with Gasteiger partial charge >= 0.3 is 0 Å². The molecule has 1 heterocycles. The maximum absolute atomic E-state index is 12.9. The first-order valence-electron chi connectivity index (χ1n) is 4.13. The van der Waals surface area contributed by atoms with E-state index in [1.807, 2.05) is 6.07 Å². The van der Waals surface area contributed by atoms with Crippen molar-refractivity contribution in [2.45, 2.75) is 0 Å². The molecule has 0 bridgehead atoms. The predicted molar refractivity (Wildman–Crippen MR) is 54.6 cm³/mol. The van der Waals surface area contributed by atoms with Crippen molar-refractivity contribution in [2.24, 2.45) is 0 Å². The second-order valence-corrected chi connectivity index (χ2v) is 3.26. The maximum atomic E-state index is 12.9. The van der Waals surface area contributed by atoms with Gasteiger partial charge in [0.1, 0.15) is 11.0 Å². The molecule has 0 amide bonds. The molecule has 14 heavy (non-hydrogen) atoms. The maximum Gasteiger partial charge on any atom is 0.129 e. The lowest BCUT2D eigenvalue weighted by atomic mass is 10.1. The largest absolute Gasteiger partial charge is 0.245 e. The van der Waals surface area contributed by atoms with Crippen molar-refractivity contribution < 1.29 is 4.39 Å². The third-order valence-electron chi connectivity index (χ3n) is 1.88. The summed E-state index contributed by atoms with van der Waals surface area (Å²) in [7, 11) is 0. The molecule has 0 fully saturated rings. The van der Waals surface area contributed by atoms with E-state index in [1.165, 1.54) is 12.1 Å². The SMILES string of the molecule is Fc1cccc(-c2ccnc(Cl)c2)c1. The van der Waals surface area contributed by atoms with Gasteiger partial charge in [-0.1, -0.05) is 23.7 Å². The van der Waals surface area contributed by atoms with Crippen LogP contribution in [0.2, 0.25) is 5.15 Å². The zero-order valence-corrected chi connectivity index (χ0v) is 8.00. The van der Waals surface area contributed by atoms with Crippen LogP contribution in [0, 0.1) is 5.82 Å². The Hall–Kier alpha value is -1.41. The zero-order valence-electron chi connectivity index (χ0n) is 7.24. The Morgan fingerprint density at radius 3 is 2.57 bits per heavy atom. The quantitative estimate of drug-likeness (QED) is 0.652. The molecule has 2 rings (SSSR count). The van der Waals surface area contributed by atoms with Crippen molar-refractivity contribution in [3.63, 3.8) is 0 Å². The first-order chi connectivity index (χ1) is 6.75. The molecule has 3 heteroatoms. The van der Waals surface area contributed by atoms with E-state index in [0.29, 0.717) is 5.15 Å². The van der Waals surface area contributed by atoms with Crippen LogP contribution < -0.4 is 0 Å². The van der Waals surface area contributed by atoms with E-state index in [2.05, 4.69) is 4.98 Å². The Balaban J connectivity index is 2.49. The number of hydrogen-bond donors (Lipinski definition) is 0.